The van der Waals surface area contributed by atoms with Crippen LogP contribution in [-0.4, -0.2) is 67.1 Å². The van der Waals surface area contributed by atoms with Gasteiger partial charge in [-0.3, -0.25) is 9.79 Å². The summed E-state index contributed by atoms with van der Waals surface area (Å²) in [7, 11) is 0. The molecule has 0 aromatic carbocycles. The third-order valence-electron chi connectivity index (χ3n) is 6.69. The Bertz CT molecular complexity index is 738. The van der Waals surface area contributed by atoms with Crippen molar-refractivity contribution in [2.24, 2.45) is 10.9 Å². The molecule has 1 aromatic heterocycles. The van der Waals surface area contributed by atoms with Gasteiger partial charge in [-0.1, -0.05) is 19.3 Å². The number of nitrogens with one attached hydrogen (secondary N) is 2. The van der Waals surface area contributed by atoms with E-state index < -0.39 is 0 Å². The number of aromatic nitrogens is 1. The molecule has 1 unspecified atom stereocenters. The van der Waals surface area contributed by atoms with Crippen LogP contribution in [0.4, 0.5) is 5.13 Å². The number of rotatable bonds is 7. The van der Waals surface area contributed by atoms with Gasteiger partial charge in [0.1, 0.15) is 0 Å². The molecule has 3 heterocycles. The Hall–Kier alpha value is -1.83. The molecule has 31 heavy (non-hydrogen) atoms. The van der Waals surface area contributed by atoms with Crippen molar-refractivity contribution in [1.29, 1.82) is 0 Å². The standard InChI is InChI=1S/C23H38N6OS/c1-2-24-22(25-12-10-20-17-31-23(27-20)28-13-6-7-14-28)26-19-11-15-29(16-19)21(30)18-8-4-3-5-9-18/h17-19H,2-16H2,1H3,(H2,24,25,26). The summed E-state index contributed by atoms with van der Waals surface area (Å²) in [4.78, 5) is 26.9. The first kappa shape index (κ1) is 22.4. The van der Waals surface area contributed by atoms with E-state index in [1.165, 1.54) is 32.1 Å². The molecule has 7 nitrogen and oxygen atoms in total. The van der Waals surface area contributed by atoms with Gasteiger partial charge in [0.15, 0.2) is 11.1 Å². The van der Waals surface area contributed by atoms with Gasteiger partial charge >= 0.3 is 0 Å². The van der Waals surface area contributed by atoms with Crippen LogP contribution in [0.5, 0.6) is 0 Å². The summed E-state index contributed by atoms with van der Waals surface area (Å²) in [5, 5.41) is 10.3. The average molecular weight is 447 g/mol. The third-order valence-corrected chi connectivity index (χ3v) is 7.64. The van der Waals surface area contributed by atoms with E-state index in [1.807, 2.05) is 0 Å². The highest BCUT2D eigenvalue weighted by molar-refractivity contribution is 7.13. The second-order valence-corrected chi connectivity index (χ2v) is 9.91. The fourth-order valence-corrected chi connectivity index (χ4v) is 5.86. The first-order valence-corrected chi connectivity index (χ1v) is 13.1. The van der Waals surface area contributed by atoms with Gasteiger partial charge in [-0.05, 0) is 39.0 Å². The first-order chi connectivity index (χ1) is 15.2. The number of thiazole rings is 1. The van der Waals surface area contributed by atoms with E-state index in [1.54, 1.807) is 11.3 Å². The second-order valence-electron chi connectivity index (χ2n) is 9.08. The number of carbonyl (C=O) groups is 1. The van der Waals surface area contributed by atoms with E-state index in [-0.39, 0.29) is 12.0 Å². The number of likely N-dealkylation sites (tertiary alicyclic amines) is 1. The van der Waals surface area contributed by atoms with E-state index in [2.05, 4.69) is 32.7 Å². The Morgan fingerprint density at radius 2 is 1.97 bits per heavy atom. The van der Waals surface area contributed by atoms with E-state index in [9.17, 15) is 4.79 Å². The Morgan fingerprint density at radius 1 is 1.16 bits per heavy atom. The summed E-state index contributed by atoms with van der Waals surface area (Å²) in [6, 6.07) is 0.284. The van der Waals surface area contributed by atoms with Gasteiger partial charge in [-0.15, -0.1) is 11.3 Å². The van der Waals surface area contributed by atoms with Crippen LogP contribution in [0.25, 0.3) is 0 Å². The minimum Gasteiger partial charge on any atom is -0.357 e. The van der Waals surface area contributed by atoms with Crippen molar-refractivity contribution in [2.75, 3.05) is 44.2 Å². The molecule has 1 amide bonds. The Labute approximate surface area is 190 Å². The quantitative estimate of drug-likeness (QED) is 0.498. The van der Waals surface area contributed by atoms with Crippen LogP contribution in [-0.2, 0) is 11.2 Å². The maximum absolute atomic E-state index is 12.8. The number of hydrogen-bond acceptors (Lipinski definition) is 5. The molecule has 8 heteroatoms. The molecule has 2 saturated heterocycles. The van der Waals surface area contributed by atoms with Crippen molar-refractivity contribution >= 4 is 28.3 Å². The minimum atomic E-state index is 0.262. The zero-order valence-corrected chi connectivity index (χ0v) is 19.8. The van der Waals surface area contributed by atoms with Gasteiger partial charge in [0, 0.05) is 63.0 Å². The van der Waals surface area contributed by atoms with Crippen molar-refractivity contribution < 1.29 is 4.79 Å². The number of nitrogens with zero attached hydrogens (tertiary/aromatic N) is 4. The SMILES string of the molecule is CCNC(=NCCc1csc(N2CCCC2)n1)NC1CCN(C(=O)C2CCCCC2)C1. The lowest BCUT2D eigenvalue weighted by atomic mass is 9.88. The summed E-state index contributed by atoms with van der Waals surface area (Å²) in [5.74, 6) is 1.50. The van der Waals surface area contributed by atoms with Gasteiger partial charge in [0.05, 0.1) is 5.69 Å². The maximum atomic E-state index is 12.8. The van der Waals surface area contributed by atoms with Crippen LogP contribution in [0.3, 0.4) is 0 Å². The Morgan fingerprint density at radius 3 is 2.74 bits per heavy atom. The number of hydrogen-bond donors (Lipinski definition) is 2. The fraction of sp³-hybridized carbons (Fsp3) is 0.783. The molecule has 0 spiro atoms. The molecular weight excluding hydrogens is 408 g/mol. The lowest BCUT2D eigenvalue weighted by molar-refractivity contribution is -0.135. The van der Waals surface area contributed by atoms with Gasteiger partial charge in [0.25, 0.3) is 0 Å². The monoisotopic (exact) mass is 446 g/mol. The summed E-state index contributed by atoms with van der Waals surface area (Å²) in [5.41, 5.74) is 1.14. The van der Waals surface area contributed by atoms with Crippen LogP contribution in [0.2, 0.25) is 0 Å². The number of guanidine groups is 1. The highest BCUT2D eigenvalue weighted by atomic mass is 32.1. The van der Waals surface area contributed by atoms with Gasteiger partial charge in [-0.2, -0.15) is 0 Å². The van der Waals surface area contributed by atoms with Crippen molar-refractivity contribution in [1.82, 2.24) is 20.5 Å². The molecule has 1 atom stereocenters. The molecule has 3 fully saturated rings. The zero-order chi connectivity index (χ0) is 21.5. The summed E-state index contributed by atoms with van der Waals surface area (Å²) < 4.78 is 0. The van der Waals surface area contributed by atoms with Gasteiger partial charge in [0.2, 0.25) is 5.91 Å². The van der Waals surface area contributed by atoms with Gasteiger partial charge in [-0.25, -0.2) is 4.98 Å². The Kier molecular flexibility index (Phi) is 8.05. The molecular formula is C23H38N6OS. The molecule has 0 radical (unpaired) electrons. The van der Waals surface area contributed by atoms with Gasteiger partial charge < -0.3 is 20.4 Å². The largest absolute Gasteiger partial charge is 0.357 e. The molecule has 2 aliphatic heterocycles. The van der Waals surface area contributed by atoms with Crippen LogP contribution in [0.1, 0.15) is 64.0 Å². The van der Waals surface area contributed by atoms with E-state index in [4.69, 9.17) is 9.98 Å². The molecule has 4 rings (SSSR count). The fourth-order valence-electron chi connectivity index (χ4n) is 4.95. The normalized spacial score (nSPS) is 22.9. The Balaban J connectivity index is 1.24. The number of carbonyl (C=O) groups excluding carboxylic acids is 1. The van der Waals surface area contributed by atoms with Crippen molar-refractivity contribution in [2.45, 2.75) is 70.8 Å². The smallest absolute Gasteiger partial charge is 0.225 e. The van der Waals surface area contributed by atoms with Crippen molar-refractivity contribution in [3.8, 4) is 0 Å². The topological polar surface area (TPSA) is 72.9 Å². The molecule has 1 aromatic rings. The lowest BCUT2D eigenvalue weighted by Gasteiger charge is -2.26. The summed E-state index contributed by atoms with van der Waals surface area (Å²) in [6.45, 7) is 7.58. The molecule has 2 N–H and O–H groups in total. The highest BCUT2D eigenvalue weighted by Crippen LogP contribution is 2.27. The molecule has 0 bridgehead atoms. The second kappa shape index (κ2) is 11.2. The third kappa shape index (κ3) is 6.11. The van der Waals surface area contributed by atoms with Crippen LogP contribution in [0.15, 0.2) is 10.4 Å². The summed E-state index contributed by atoms with van der Waals surface area (Å²) >= 11 is 1.75. The van der Waals surface area contributed by atoms with Crippen molar-refractivity contribution in [3.05, 3.63) is 11.1 Å². The first-order valence-electron chi connectivity index (χ1n) is 12.3. The predicted octanol–water partition coefficient (Wildman–Crippen LogP) is 3.02. The predicted molar refractivity (Wildman–Crippen MR) is 128 cm³/mol. The van der Waals surface area contributed by atoms with E-state index in [0.29, 0.717) is 5.91 Å². The number of anilines is 1. The maximum Gasteiger partial charge on any atom is 0.225 e. The average Bonchev–Trinajstić information content (AvgIpc) is 3.56. The molecule has 172 valence electrons. The van der Waals surface area contributed by atoms with Crippen molar-refractivity contribution in [3.63, 3.8) is 0 Å². The van der Waals surface area contributed by atoms with E-state index in [0.717, 1.165) is 81.7 Å². The number of aliphatic imine (C=N–C) groups is 1. The minimum absolute atomic E-state index is 0.262. The molecule has 3 aliphatic rings. The lowest BCUT2D eigenvalue weighted by Crippen LogP contribution is -2.45. The highest BCUT2D eigenvalue weighted by Gasteiger charge is 2.31. The van der Waals surface area contributed by atoms with Crippen LogP contribution in [0, 0.1) is 5.92 Å². The van der Waals surface area contributed by atoms with Crippen LogP contribution < -0.4 is 15.5 Å². The summed E-state index contributed by atoms with van der Waals surface area (Å²) in [6.07, 6.45) is 10.3. The molecule has 1 aliphatic carbocycles. The van der Waals surface area contributed by atoms with E-state index >= 15 is 0 Å². The molecule has 1 saturated carbocycles. The number of amides is 1. The van der Waals surface area contributed by atoms with Crippen LogP contribution >= 0.6 is 11.3 Å². The zero-order valence-electron chi connectivity index (χ0n) is 18.9.